The molecule has 4 bridgehead atoms. The number of carbonyl (C=O) groups is 3. The van der Waals surface area contributed by atoms with Crippen molar-refractivity contribution in [3.63, 3.8) is 0 Å². The fourth-order valence-corrected chi connectivity index (χ4v) is 9.22. The standard InChI is InChI=1S/C32H42N2O4/c1-38-30(37)32-11-7-3-6-10-27(32)34(20-22-8-4-2-5-9-22)29(36)26(19-32)15-28(35)33-21-31-16-23-12-24(17-31)14-25(13-23)18-31/h2,4-5,8-10,23-26H,3,6-7,11-21H2,1H3,(H,33,35)/t23?,24?,25?,26-,31?,32+/m1/s1. The van der Waals surface area contributed by atoms with E-state index in [1.54, 1.807) is 4.90 Å². The minimum absolute atomic E-state index is 0.0496. The van der Waals surface area contributed by atoms with Crippen LogP contribution in [0.25, 0.3) is 0 Å². The van der Waals surface area contributed by atoms with E-state index in [0.717, 1.165) is 54.8 Å². The third-order valence-corrected chi connectivity index (χ3v) is 10.4. The first-order valence-corrected chi connectivity index (χ1v) is 14.8. The van der Waals surface area contributed by atoms with Gasteiger partial charge in [0.2, 0.25) is 11.8 Å². The first-order valence-electron chi connectivity index (χ1n) is 14.8. The Balaban J connectivity index is 1.21. The number of likely N-dealkylation sites (tertiary alicyclic amines) is 1. The lowest BCUT2D eigenvalue weighted by molar-refractivity contribution is -0.160. The SMILES string of the molecule is COC(=O)[C@]12CCCCC=C1N(Cc1ccccc1)C(=O)[C@H](CC(=O)NCC13CC4CC(CC(C4)C1)C3)C2. The second-order valence-electron chi connectivity index (χ2n) is 13.1. The van der Waals surface area contributed by atoms with Gasteiger partial charge in [0.05, 0.1) is 13.7 Å². The lowest BCUT2D eigenvalue weighted by Crippen LogP contribution is -2.54. The molecule has 6 nitrogen and oxygen atoms in total. The summed E-state index contributed by atoms with van der Waals surface area (Å²) in [6, 6.07) is 9.91. The number of benzene rings is 1. The van der Waals surface area contributed by atoms with E-state index in [0.29, 0.717) is 19.4 Å². The normalized spacial score (nSPS) is 35.8. The number of carbonyl (C=O) groups excluding carboxylic acids is 3. The van der Waals surface area contributed by atoms with Gasteiger partial charge < -0.3 is 15.0 Å². The van der Waals surface area contributed by atoms with E-state index in [1.165, 1.54) is 45.6 Å². The van der Waals surface area contributed by atoms with Crippen molar-refractivity contribution in [2.45, 2.75) is 83.6 Å². The molecule has 7 rings (SSSR count). The number of rotatable bonds is 7. The second kappa shape index (κ2) is 10.2. The van der Waals surface area contributed by atoms with Crippen LogP contribution in [-0.4, -0.2) is 36.3 Å². The van der Waals surface area contributed by atoms with Gasteiger partial charge in [-0.3, -0.25) is 14.4 Å². The van der Waals surface area contributed by atoms with Crippen LogP contribution in [0, 0.1) is 34.5 Å². The molecule has 2 amide bonds. The second-order valence-corrected chi connectivity index (χ2v) is 13.1. The molecular weight excluding hydrogens is 476 g/mol. The summed E-state index contributed by atoms with van der Waals surface area (Å²) in [5.41, 5.74) is 1.17. The third-order valence-electron chi connectivity index (χ3n) is 10.4. The van der Waals surface area contributed by atoms with Crippen molar-refractivity contribution in [2.24, 2.45) is 34.5 Å². The number of esters is 1. The maximum Gasteiger partial charge on any atom is 0.317 e. The van der Waals surface area contributed by atoms with Gasteiger partial charge in [-0.25, -0.2) is 0 Å². The van der Waals surface area contributed by atoms with Crippen LogP contribution in [0.4, 0.5) is 0 Å². The molecule has 6 aliphatic rings. The number of hydrogen-bond acceptors (Lipinski definition) is 4. The van der Waals surface area contributed by atoms with Crippen LogP contribution in [0.2, 0.25) is 0 Å². The zero-order valence-corrected chi connectivity index (χ0v) is 22.8. The fourth-order valence-electron chi connectivity index (χ4n) is 9.22. The van der Waals surface area contributed by atoms with Gasteiger partial charge in [-0.15, -0.1) is 0 Å². The quantitative estimate of drug-likeness (QED) is 0.492. The molecule has 5 fully saturated rings. The van der Waals surface area contributed by atoms with Crippen LogP contribution in [0.15, 0.2) is 42.1 Å². The average Bonchev–Trinajstić information content (AvgIpc) is 3.12. The zero-order valence-electron chi connectivity index (χ0n) is 22.8. The Kier molecular flexibility index (Phi) is 6.86. The maximum absolute atomic E-state index is 14.0. The molecule has 4 saturated carbocycles. The first-order chi connectivity index (χ1) is 18.4. The molecule has 38 heavy (non-hydrogen) atoms. The van der Waals surface area contributed by atoms with Crippen molar-refractivity contribution in [2.75, 3.05) is 13.7 Å². The molecule has 5 aliphatic carbocycles. The van der Waals surface area contributed by atoms with E-state index in [1.807, 2.05) is 30.3 Å². The van der Waals surface area contributed by atoms with E-state index in [4.69, 9.17) is 4.74 Å². The highest BCUT2D eigenvalue weighted by molar-refractivity contribution is 5.92. The largest absolute Gasteiger partial charge is 0.468 e. The van der Waals surface area contributed by atoms with E-state index in [2.05, 4.69) is 11.4 Å². The number of allylic oxidation sites excluding steroid dienone is 1. The molecular formula is C32H42N2O4. The Morgan fingerprint density at radius 2 is 1.68 bits per heavy atom. The van der Waals surface area contributed by atoms with Gasteiger partial charge in [0.1, 0.15) is 5.41 Å². The van der Waals surface area contributed by atoms with Crippen LogP contribution < -0.4 is 5.32 Å². The van der Waals surface area contributed by atoms with Crippen molar-refractivity contribution >= 4 is 17.8 Å². The molecule has 1 saturated heterocycles. The maximum atomic E-state index is 14.0. The number of piperidine rings is 1. The topological polar surface area (TPSA) is 75.7 Å². The summed E-state index contributed by atoms with van der Waals surface area (Å²) in [5.74, 6) is 1.59. The number of amides is 2. The third kappa shape index (κ3) is 4.69. The van der Waals surface area contributed by atoms with Crippen LogP contribution >= 0.6 is 0 Å². The van der Waals surface area contributed by atoms with Gasteiger partial charge in [0.15, 0.2) is 0 Å². The Labute approximate surface area is 226 Å². The number of fused-ring (bicyclic) bond motifs is 1. The molecule has 1 heterocycles. The highest BCUT2D eigenvalue weighted by Gasteiger charge is 2.54. The van der Waals surface area contributed by atoms with Gasteiger partial charge in [0.25, 0.3) is 0 Å². The number of nitrogens with one attached hydrogen (secondary N) is 1. The molecule has 204 valence electrons. The van der Waals surface area contributed by atoms with Gasteiger partial charge in [-0.2, -0.15) is 0 Å². The summed E-state index contributed by atoms with van der Waals surface area (Å²) in [5, 5.41) is 3.27. The van der Waals surface area contributed by atoms with Crippen molar-refractivity contribution in [1.82, 2.24) is 10.2 Å². The van der Waals surface area contributed by atoms with E-state index >= 15 is 0 Å². The predicted molar refractivity (Wildman–Crippen MR) is 144 cm³/mol. The summed E-state index contributed by atoms with van der Waals surface area (Å²) >= 11 is 0. The van der Waals surface area contributed by atoms with E-state index in [-0.39, 0.29) is 29.6 Å². The zero-order chi connectivity index (χ0) is 26.3. The summed E-state index contributed by atoms with van der Waals surface area (Å²) in [6.07, 6.45) is 13.8. The summed E-state index contributed by atoms with van der Waals surface area (Å²) in [4.78, 5) is 42.5. The number of nitrogens with zero attached hydrogens (tertiary/aromatic N) is 1. The van der Waals surface area contributed by atoms with Crippen molar-refractivity contribution in [3.8, 4) is 0 Å². The molecule has 2 atom stereocenters. The summed E-state index contributed by atoms with van der Waals surface area (Å²) in [6.45, 7) is 1.13. The first kappa shape index (κ1) is 25.6. The van der Waals surface area contributed by atoms with Crippen LogP contribution in [0.3, 0.4) is 0 Å². The Hall–Kier alpha value is -2.63. The highest BCUT2D eigenvalue weighted by atomic mass is 16.5. The summed E-state index contributed by atoms with van der Waals surface area (Å²) < 4.78 is 5.36. The van der Waals surface area contributed by atoms with Crippen molar-refractivity contribution < 1.29 is 19.1 Å². The van der Waals surface area contributed by atoms with Crippen LogP contribution in [-0.2, 0) is 25.7 Å². The van der Waals surface area contributed by atoms with Crippen molar-refractivity contribution in [3.05, 3.63) is 47.7 Å². The van der Waals surface area contributed by atoms with Gasteiger partial charge in [0, 0.05) is 24.6 Å². The lowest BCUT2D eigenvalue weighted by Gasteiger charge is -2.57. The van der Waals surface area contributed by atoms with E-state index in [9.17, 15) is 14.4 Å². The Morgan fingerprint density at radius 1 is 1.00 bits per heavy atom. The van der Waals surface area contributed by atoms with Gasteiger partial charge in [-0.1, -0.05) is 42.8 Å². The fraction of sp³-hybridized carbons (Fsp3) is 0.656. The number of methoxy groups -OCH3 is 1. The molecule has 0 radical (unpaired) electrons. The molecule has 0 unspecified atom stereocenters. The molecule has 1 aliphatic heterocycles. The average molecular weight is 519 g/mol. The van der Waals surface area contributed by atoms with E-state index < -0.39 is 11.3 Å². The van der Waals surface area contributed by atoms with Crippen molar-refractivity contribution in [1.29, 1.82) is 0 Å². The molecule has 0 aromatic heterocycles. The Bertz CT molecular complexity index is 1080. The number of ether oxygens (including phenoxy) is 1. The minimum Gasteiger partial charge on any atom is -0.468 e. The monoisotopic (exact) mass is 518 g/mol. The molecule has 1 N–H and O–H groups in total. The lowest BCUT2D eigenvalue weighted by atomic mass is 9.49. The Morgan fingerprint density at radius 3 is 2.34 bits per heavy atom. The van der Waals surface area contributed by atoms with Gasteiger partial charge >= 0.3 is 5.97 Å². The highest BCUT2D eigenvalue weighted by Crippen LogP contribution is 2.59. The molecule has 6 heteroatoms. The molecule has 0 spiro atoms. The summed E-state index contributed by atoms with van der Waals surface area (Å²) in [7, 11) is 1.44. The van der Waals surface area contributed by atoms with Crippen LogP contribution in [0.5, 0.6) is 0 Å². The van der Waals surface area contributed by atoms with Crippen LogP contribution in [0.1, 0.15) is 82.6 Å². The number of hydrogen-bond donors (Lipinski definition) is 1. The smallest absolute Gasteiger partial charge is 0.317 e. The predicted octanol–water partition coefficient (Wildman–Crippen LogP) is 5.38. The minimum atomic E-state index is -0.876. The molecule has 1 aromatic carbocycles. The molecule has 1 aromatic rings. The van der Waals surface area contributed by atoms with Gasteiger partial charge in [-0.05, 0) is 92.9 Å².